The van der Waals surface area contributed by atoms with Gasteiger partial charge in [0.05, 0.1) is 11.9 Å². The summed E-state index contributed by atoms with van der Waals surface area (Å²) in [5.74, 6) is 0.501. The second-order valence-electron chi connectivity index (χ2n) is 7.09. The van der Waals surface area contributed by atoms with Crippen molar-refractivity contribution in [1.82, 2.24) is 4.90 Å². The molecule has 1 heterocycles. The highest BCUT2D eigenvalue weighted by Gasteiger charge is 2.33. The molecule has 2 rings (SSSR count). The Morgan fingerprint density at radius 1 is 1.17 bits per heavy atom. The highest BCUT2D eigenvalue weighted by atomic mass is 32.2. The quantitative estimate of drug-likeness (QED) is 0.837. The number of rotatable bonds is 4. The second-order valence-corrected chi connectivity index (χ2v) is 8.95. The summed E-state index contributed by atoms with van der Waals surface area (Å²) in [5.41, 5.74) is 2.51. The lowest BCUT2D eigenvalue weighted by molar-refractivity contribution is -0.133. The standard InChI is InChI=1S/C18H28N2O3S/c1-13-6-8-19(9-7-13)18(21)16(4)20(24(5,22)23)17-11-14(2)10-15(3)12-17/h10-13,16H,6-9H2,1-5H3/t16-/m1/s1. The third-order valence-electron chi connectivity index (χ3n) is 4.62. The van der Waals surface area contributed by atoms with Crippen molar-refractivity contribution >= 4 is 21.6 Å². The first kappa shape index (κ1) is 18.8. The molecule has 0 radical (unpaired) electrons. The summed E-state index contributed by atoms with van der Waals surface area (Å²) in [7, 11) is -3.56. The van der Waals surface area contributed by atoms with Gasteiger partial charge in [-0.3, -0.25) is 9.10 Å². The van der Waals surface area contributed by atoms with E-state index in [1.54, 1.807) is 11.8 Å². The van der Waals surface area contributed by atoms with Gasteiger partial charge in [0.1, 0.15) is 6.04 Å². The number of aryl methyl sites for hydroxylation is 2. The Balaban J connectivity index is 2.32. The predicted molar refractivity (Wildman–Crippen MR) is 97.7 cm³/mol. The lowest BCUT2D eigenvalue weighted by atomic mass is 9.99. The zero-order chi connectivity index (χ0) is 18.1. The fourth-order valence-electron chi connectivity index (χ4n) is 3.37. The molecule has 1 aromatic rings. The Labute approximate surface area is 145 Å². The third kappa shape index (κ3) is 4.29. The summed E-state index contributed by atoms with van der Waals surface area (Å²) in [4.78, 5) is 14.7. The van der Waals surface area contributed by atoms with E-state index in [1.165, 1.54) is 4.31 Å². The first-order valence-corrected chi connectivity index (χ1v) is 10.3. The van der Waals surface area contributed by atoms with Crippen LogP contribution < -0.4 is 4.31 Å². The number of hydrogen-bond acceptors (Lipinski definition) is 3. The molecule has 0 spiro atoms. The molecule has 134 valence electrons. The largest absolute Gasteiger partial charge is 0.341 e. The Hall–Kier alpha value is -1.56. The number of likely N-dealkylation sites (tertiary alicyclic amines) is 1. The highest BCUT2D eigenvalue weighted by molar-refractivity contribution is 7.92. The van der Waals surface area contributed by atoms with Crippen LogP contribution in [-0.2, 0) is 14.8 Å². The number of sulfonamides is 1. The summed E-state index contributed by atoms with van der Waals surface area (Å²) in [6.07, 6.45) is 3.11. The van der Waals surface area contributed by atoms with Gasteiger partial charge in [0, 0.05) is 13.1 Å². The van der Waals surface area contributed by atoms with E-state index in [1.807, 2.05) is 32.0 Å². The van der Waals surface area contributed by atoms with E-state index >= 15 is 0 Å². The van der Waals surface area contributed by atoms with Crippen molar-refractivity contribution in [2.45, 2.75) is 46.6 Å². The zero-order valence-electron chi connectivity index (χ0n) is 15.2. The first-order valence-electron chi connectivity index (χ1n) is 8.46. The van der Waals surface area contributed by atoms with E-state index in [2.05, 4.69) is 6.92 Å². The third-order valence-corrected chi connectivity index (χ3v) is 5.86. The zero-order valence-corrected chi connectivity index (χ0v) is 16.1. The van der Waals surface area contributed by atoms with Crippen LogP contribution in [0.3, 0.4) is 0 Å². The van der Waals surface area contributed by atoms with Crippen LogP contribution in [-0.4, -0.2) is 44.6 Å². The SMILES string of the molecule is Cc1cc(C)cc(N([C@H](C)C(=O)N2CCC(C)CC2)S(C)(=O)=O)c1. The van der Waals surface area contributed by atoms with Crippen LogP contribution in [0.15, 0.2) is 18.2 Å². The number of amides is 1. The molecule has 0 N–H and O–H groups in total. The number of piperidine rings is 1. The van der Waals surface area contributed by atoms with Crippen molar-refractivity contribution in [1.29, 1.82) is 0 Å². The number of anilines is 1. The summed E-state index contributed by atoms with van der Waals surface area (Å²) >= 11 is 0. The Morgan fingerprint density at radius 2 is 1.67 bits per heavy atom. The molecule has 0 saturated carbocycles. The molecule has 6 heteroatoms. The molecular formula is C18H28N2O3S. The van der Waals surface area contributed by atoms with Crippen LogP contribution in [0.1, 0.15) is 37.8 Å². The van der Waals surface area contributed by atoms with Crippen LogP contribution in [0.5, 0.6) is 0 Å². The van der Waals surface area contributed by atoms with Gasteiger partial charge in [-0.05, 0) is 62.8 Å². The Kier molecular flexibility index (Phi) is 5.58. The van der Waals surface area contributed by atoms with Gasteiger partial charge in [0.2, 0.25) is 15.9 Å². The van der Waals surface area contributed by atoms with Crippen LogP contribution in [0.2, 0.25) is 0 Å². The molecule has 24 heavy (non-hydrogen) atoms. The van der Waals surface area contributed by atoms with Crippen molar-refractivity contribution in [3.05, 3.63) is 29.3 Å². The van der Waals surface area contributed by atoms with E-state index in [4.69, 9.17) is 0 Å². The van der Waals surface area contributed by atoms with Gasteiger partial charge in [-0.1, -0.05) is 13.0 Å². The number of carbonyl (C=O) groups is 1. The van der Waals surface area contributed by atoms with Gasteiger partial charge in [0.25, 0.3) is 0 Å². The van der Waals surface area contributed by atoms with Crippen LogP contribution in [0.25, 0.3) is 0 Å². The number of hydrogen-bond donors (Lipinski definition) is 0. The van der Waals surface area contributed by atoms with Gasteiger partial charge < -0.3 is 4.90 Å². The summed E-state index contributed by atoms with van der Waals surface area (Å²) in [5, 5.41) is 0. The van der Waals surface area contributed by atoms with Crippen molar-refractivity contribution < 1.29 is 13.2 Å². The molecule has 1 fully saturated rings. The van der Waals surface area contributed by atoms with Crippen molar-refractivity contribution in [2.75, 3.05) is 23.7 Å². The van der Waals surface area contributed by atoms with Crippen molar-refractivity contribution in [2.24, 2.45) is 5.92 Å². The van der Waals surface area contributed by atoms with Gasteiger partial charge in [0.15, 0.2) is 0 Å². The fraction of sp³-hybridized carbons (Fsp3) is 0.611. The Morgan fingerprint density at radius 3 is 2.12 bits per heavy atom. The number of benzene rings is 1. The maximum Gasteiger partial charge on any atom is 0.246 e. The molecule has 1 aliphatic heterocycles. The summed E-state index contributed by atoms with van der Waals surface area (Å²) < 4.78 is 26.0. The van der Waals surface area contributed by atoms with Crippen LogP contribution in [0.4, 0.5) is 5.69 Å². The first-order chi connectivity index (χ1) is 11.1. The van der Waals surface area contributed by atoms with Crippen molar-refractivity contribution in [3.63, 3.8) is 0 Å². The topological polar surface area (TPSA) is 57.7 Å². The van der Waals surface area contributed by atoms with E-state index in [0.717, 1.165) is 30.2 Å². The molecule has 1 aromatic carbocycles. The minimum Gasteiger partial charge on any atom is -0.341 e. The lowest BCUT2D eigenvalue weighted by Gasteiger charge is -2.36. The van der Waals surface area contributed by atoms with E-state index < -0.39 is 16.1 Å². The van der Waals surface area contributed by atoms with Gasteiger partial charge >= 0.3 is 0 Å². The predicted octanol–water partition coefficient (Wildman–Crippen LogP) is 2.72. The minimum absolute atomic E-state index is 0.119. The number of carbonyl (C=O) groups excluding carboxylic acids is 1. The van der Waals surface area contributed by atoms with Crippen molar-refractivity contribution in [3.8, 4) is 0 Å². The molecule has 0 aliphatic carbocycles. The average molecular weight is 353 g/mol. The molecule has 0 unspecified atom stereocenters. The van der Waals surface area contributed by atoms with Gasteiger partial charge in [-0.2, -0.15) is 0 Å². The normalized spacial score (nSPS) is 17.6. The lowest BCUT2D eigenvalue weighted by Crippen LogP contribution is -2.51. The average Bonchev–Trinajstić information content (AvgIpc) is 2.44. The van der Waals surface area contributed by atoms with E-state index in [-0.39, 0.29) is 5.91 Å². The molecular weight excluding hydrogens is 324 g/mol. The molecule has 1 atom stereocenters. The molecule has 1 saturated heterocycles. The van der Waals surface area contributed by atoms with Crippen LogP contribution in [0, 0.1) is 19.8 Å². The monoisotopic (exact) mass is 352 g/mol. The molecule has 0 aromatic heterocycles. The smallest absolute Gasteiger partial charge is 0.246 e. The Bertz CT molecular complexity index is 687. The van der Waals surface area contributed by atoms with Gasteiger partial charge in [-0.15, -0.1) is 0 Å². The summed E-state index contributed by atoms with van der Waals surface area (Å²) in [6.45, 7) is 9.12. The van der Waals surface area contributed by atoms with Gasteiger partial charge in [-0.25, -0.2) is 8.42 Å². The maximum absolute atomic E-state index is 12.9. The minimum atomic E-state index is -3.56. The molecule has 5 nitrogen and oxygen atoms in total. The molecule has 0 bridgehead atoms. The number of nitrogens with zero attached hydrogens (tertiary/aromatic N) is 2. The maximum atomic E-state index is 12.9. The fourth-order valence-corrected chi connectivity index (χ4v) is 4.53. The van der Waals surface area contributed by atoms with E-state index in [0.29, 0.717) is 24.7 Å². The summed E-state index contributed by atoms with van der Waals surface area (Å²) in [6, 6.07) is 4.88. The van der Waals surface area contributed by atoms with E-state index in [9.17, 15) is 13.2 Å². The van der Waals surface area contributed by atoms with Crippen LogP contribution >= 0.6 is 0 Å². The molecule has 1 aliphatic rings. The second kappa shape index (κ2) is 7.13. The molecule has 1 amide bonds. The highest BCUT2D eigenvalue weighted by Crippen LogP contribution is 2.25.